The summed E-state index contributed by atoms with van der Waals surface area (Å²) in [6.07, 6.45) is 1.16. The molecule has 0 atom stereocenters. The molecule has 6 nitrogen and oxygen atoms in total. The molecule has 0 aliphatic rings. The molecule has 0 aliphatic carbocycles. The molecule has 2 aromatic carbocycles. The summed E-state index contributed by atoms with van der Waals surface area (Å²) >= 11 is 0. The Labute approximate surface area is 143 Å². The van der Waals surface area contributed by atoms with Crippen LogP contribution >= 0.6 is 0 Å². The van der Waals surface area contributed by atoms with Gasteiger partial charge in [-0.15, -0.1) is 0 Å². The van der Waals surface area contributed by atoms with Crippen LogP contribution in [0.3, 0.4) is 0 Å². The average Bonchev–Trinajstić information content (AvgIpc) is 2.63. The number of carbonyl (C=O) groups excluding carboxylic acids is 1. The van der Waals surface area contributed by atoms with Gasteiger partial charge in [0.25, 0.3) is 5.56 Å². The van der Waals surface area contributed by atoms with Gasteiger partial charge in [0.15, 0.2) is 0 Å². The third-order valence-corrected chi connectivity index (χ3v) is 3.90. The molecule has 1 aromatic heterocycles. The largest absolute Gasteiger partial charge is 0.336 e. The molecule has 0 aliphatic heterocycles. The van der Waals surface area contributed by atoms with Crippen LogP contribution in [0.2, 0.25) is 0 Å². The maximum absolute atomic E-state index is 12.3. The molecule has 0 spiro atoms. The third-order valence-electron chi connectivity index (χ3n) is 3.90. The van der Waals surface area contributed by atoms with Gasteiger partial charge >= 0.3 is 11.7 Å². The van der Waals surface area contributed by atoms with Gasteiger partial charge in [-0.05, 0) is 11.1 Å². The average molecular weight is 335 g/mol. The first-order valence-electron chi connectivity index (χ1n) is 7.85. The highest BCUT2D eigenvalue weighted by Gasteiger charge is 2.16. The van der Waals surface area contributed by atoms with Crippen LogP contribution < -0.4 is 16.6 Å². The summed E-state index contributed by atoms with van der Waals surface area (Å²) in [5.41, 5.74) is 0.812. The van der Waals surface area contributed by atoms with Crippen LogP contribution in [0, 0.1) is 0 Å². The van der Waals surface area contributed by atoms with E-state index in [1.54, 1.807) is 0 Å². The number of amides is 1. The molecule has 6 heteroatoms. The molecule has 1 heterocycles. The lowest BCUT2D eigenvalue weighted by Gasteiger charge is -2.19. The quantitative estimate of drug-likeness (QED) is 0.764. The van der Waals surface area contributed by atoms with Crippen molar-refractivity contribution >= 4 is 6.03 Å². The van der Waals surface area contributed by atoms with Gasteiger partial charge in [-0.2, -0.15) is 0 Å². The zero-order valence-corrected chi connectivity index (χ0v) is 13.4. The molecule has 2 N–H and O–H groups in total. The highest BCUT2D eigenvalue weighted by Crippen LogP contribution is 2.23. The number of aromatic amines is 1. The van der Waals surface area contributed by atoms with E-state index in [2.05, 4.69) is 10.3 Å². The van der Waals surface area contributed by atoms with Crippen LogP contribution in [0.4, 0.5) is 4.79 Å². The maximum Gasteiger partial charge on any atom is 0.336 e. The van der Waals surface area contributed by atoms with Crippen molar-refractivity contribution in [2.45, 2.75) is 5.92 Å². The molecule has 3 aromatic rings. The number of hydrogen-bond donors (Lipinski definition) is 2. The van der Waals surface area contributed by atoms with Crippen molar-refractivity contribution in [3.05, 3.63) is 105 Å². The minimum Gasteiger partial charge on any atom is -0.336 e. The van der Waals surface area contributed by atoms with E-state index in [1.165, 1.54) is 0 Å². The smallest absolute Gasteiger partial charge is 0.336 e. The van der Waals surface area contributed by atoms with Gasteiger partial charge < -0.3 is 5.32 Å². The van der Waals surface area contributed by atoms with Crippen molar-refractivity contribution in [1.29, 1.82) is 0 Å². The standard InChI is InChI=1S/C19H17N3O3/c23-17-11-12-22(19(25)21-17)18(24)20-13-16(14-7-3-1-4-8-14)15-9-5-2-6-10-15/h1-12,16H,13H2,(H,20,24)(H,21,23,25). The fraction of sp³-hybridized carbons (Fsp3) is 0.105. The summed E-state index contributed by atoms with van der Waals surface area (Å²) in [4.78, 5) is 37.1. The summed E-state index contributed by atoms with van der Waals surface area (Å²) in [5, 5.41) is 2.76. The fourth-order valence-electron chi connectivity index (χ4n) is 2.65. The van der Waals surface area contributed by atoms with Crippen molar-refractivity contribution in [2.24, 2.45) is 0 Å². The van der Waals surface area contributed by atoms with Gasteiger partial charge in [0.1, 0.15) is 0 Å². The lowest BCUT2D eigenvalue weighted by Crippen LogP contribution is -2.40. The number of nitrogens with zero attached hydrogens (tertiary/aromatic N) is 1. The fourth-order valence-corrected chi connectivity index (χ4v) is 2.65. The minimum absolute atomic E-state index is 0.0511. The second-order valence-electron chi connectivity index (χ2n) is 5.54. The zero-order chi connectivity index (χ0) is 17.6. The summed E-state index contributed by atoms with van der Waals surface area (Å²) in [6, 6.07) is 20.2. The van der Waals surface area contributed by atoms with E-state index < -0.39 is 17.3 Å². The predicted octanol–water partition coefficient (Wildman–Crippen LogP) is 1.93. The van der Waals surface area contributed by atoms with Crippen molar-refractivity contribution in [2.75, 3.05) is 6.54 Å². The van der Waals surface area contributed by atoms with Crippen LogP contribution in [0.25, 0.3) is 0 Å². The predicted molar refractivity (Wildman–Crippen MR) is 94.8 cm³/mol. The Morgan fingerprint density at radius 1 is 0.920 bits per heavy atom. The molecule has 3 rings (SSSR count). The van der Waals surface area contributed by atoms with E-state index in [0.717, 1.165) is 28.0 Å². The molecule has 25 heavy (non-hydrogen) atoms. The zero-order valence-electron chi connectivity index (χ0n) is 13.4. The van der Waals surface area contributed by atoms with Crippen LogP contribution in [0.15, 0.2) is 82.5 Å². The van der Waals surface area contributed by atoms with Crippen molar-refractivity contribution in [1.82, 2.24) is 14.9 Å². The first-order valence-corrected chi connectivity index (χ1v) is 7.85. The van der Waals surface area contributed by atoms with E-state index in [9.17, 15) is 14.4 Å². The van der Waals surface area contributed by atoms with Crippen molar-refractivity contribution in [3.8, 4) is 0 Å². The van der Waals surface area contributed by atoms with Gasteiger partial charge in [-0.1, -0.05) is 60.7 Å². The normalized spacial score (nSPS) is 10.6. The Kier molecular flexibility index (Phi) is 4.89. The van der Waals surface area contributed by atoms with E-state index in [4.69, 9.17) is 0 Å². The molecule has 0 radical (unpaired) electrons. The van der Waals surface area contributed by atoms with Crippen LogP contribution in [0.1, 0.15) is 17.0 Å². The van der Waals surface area contributed by atoms with Gasteiger partial charge in [-0.3, -0.25) is 9.78 Å². The Hall–Kier alpha value is -3.41. The first kappa shape index (κ1) is 16.4. The lowest BCUT2D eigenvalue weighted by atomic mass is 9.91. The van der Waals surface area contributed by atoms with Crippen molar-refractivity contribution < 1.29 is 4.79 Å². The monoisotopic (exact) mass is 335 g/mol. The van der Waals surface area contributed by atoms with Crippen LogP contribution in [0.5, 0.6) is 0 Å². The number of H-pyrrole nitrogens is 1. The highest BCUT2D eigenvalue weighted by molar-refractivity contribution is 5.76. The molecular formula is C19H17N3O3. The SMILES string of the molecule is O=C(NCC(c1ccccc1)c1ccccc1)n1ccc(=O)[nH]c1=O. The highest BCUT2D eigenvalue weighted by atomic mass is 16.2. The summed E-state index contributed by atoms with van der Waals surface area (Å²) in [5.74, 6) is -0.0511. The molecule has 126 valence electrons. The number of hydrogen-bond acceptors (Lipinski definition) is 3. The molecule has 0 unspecified atom stereocenters. The van der Waals surface area contributed by atoms with E-state index in [0.29, 0.717) is 6.54 Å². The molecular weight excluding hydrogens is 318 g/mol. The van der Waals surface area contributed by atoms with Crippen molar-refractivity contribution in [3.63, 3.8) is 0 Å². The van der Waals surface area contributed by atoms with Gasteiger partial charge in [-0.25, -0.2) is 14.2 Å². The number of rotatable bonds is 4. The Morgan fingerprint density at radius 3 is 2.00 bits per heavy atom. The number of carbonyl (C=O) groups is 1. The molecule has 0 fully saturated rings. The Morgan fingerprint density at radius 2 is 1.48 bits per heavy atom. The summed E-state index contributed by atoms with van der Waals surface area (Å²) in [7, 11) is 0. The third kappa shape index (κ3) is 3.92. The molecule has 0 saturated heterocycles. The van der Waals surface area contributed by atoms with Gasteiger partial charge in [0.05, 0.1) is 0 Å². The Bertz CT molecular complexity index is 923. The number of aromatic nitrogens is 2. The summed E-state index contributed by atoms with van der Waals surface area (Å²) < 4.78 is 0.842. The maximum atomic E-state index is 12.3. The second kappa shape index (κ2) is 7.44. The Balaban J connectivity index is 1.83. The second-order valence-corrected chi connectivity index (χ2v) is 5.54. The molecule has 0 saturated carbocycles. The first-order chi connectivity index (χ1) is 12.1. The lowest BCUT2D eigenvalue weighted by molar-refractivity contribution is 0.241. The molecule has 1 amide bonds. The number of nitrogens with one attached hydrogen (secondary N) is 2. The van der Waals surface area contributed by atoms with Gasteiger partial charge in [0.2, 0.25) is 0 Å². The summed E-state index contributed by atoms with van der Waals surface area (Å²) in [6.45, 7) is 0.318. The molecule has 0 bridgehead atoms. The van der Waals surface area contributed by atoms with E-state index in [1.807, 2.05) is 60.7 Å². The number of benzene rings is 2. The van der Waals surface area contributed by atoms with E-state index in [-0.39, 0.29) is 5.92 Å². The van der Waals surface area contributed by atoms with Crippen LogP contribution in [-0.2, 0) is 0 Å². The van der Waals surface area contributed by atoms with E-state index >= 15 is 0 Å². The topological polar surface area (TPSA) is 84.0 Å². The minimum atomic E-state index is -0.763. The van der Waals surface area contributed by atoms with Gasteiger partial charge in [0, 0.05) is 24.7 Å². The van der Waals surface area contributed by atoms with Crippen LogP contribution in [-0.4, -0.2) is 22.1 Å².